The quantitative estimate of drug-likeness (QED) is 0.500. The molecule has 1 fully saturated rings. The maximum absolute atomic E-state index is 10.2. The largest absolute Gasteiger partial charge is 0.391 e. The first-order valence-electron chi connectivity index (χ1n) is 9.21. The van der Waals surface area contributed by atoms with E-state index in [-0.39, 0.29) is 0 Å². The Morgan fingerprint density at radius 2 is 2.08 bits per heavy atom. The van der Waals surface area contributed by atoms with Crippen LogP contribution in [0.25, 0.3) is 0 Å². The van der Waals surface area contributed by atoms with Crippen LogP contribution in [0.15, 0.2) is 35.3 Å². The highest BCUT2D eigenvalue weighted by Crippen LogP contribution is 2.15. The standard InChI is InChI=1S/C19H32N4O/c1-3-20-19(21-14-17-11-8-12-23(17)4-2)22-15-18(24)13-16-9-6-5-7-10-16/h5-7,9-10,17-18,24H,3-4,8,11-15H2,1-2H3,(H2,20,21,22). The molecule has 0 aromatic heterocycles. The second-order valence-electron chi connectivity index (χ2n) is 6.37. The molecule has 0 aliphatic carbocycles. The van der Waals surface area contributed by atoms with E-state index < -0.39 is 6.10 Å². The predicted molar refractivity (Wildman–Crippen MR) is 100 cm³/mol. The lowest BCUT2D eigenvalue weighted by molar-refractivity contribution is 0.183. The van der Waals surface area contributed by atoms with E-state index in [4.69, 9.17) is 0 Å². The van der Waals surface area contributed by atoms with Crippen molar-refractivity contribution in [2.75, 3.05) is 32.7 Å². The topological polar surface area (TPSA) is 59.9 Å². The fraction of sp³-hybridized carbons (Fsp3) is 0.632. The minimum Gasteiger partial charge on any atom is -0.391 e. The van der Waals surface area contributed by atoms with Crippen LogP contribution >= 0.6 is 0 Å². The molecule has 24 heavy (non-hydrogen) atoms. The van der Waals surface area contributed by atoms with Crippen LogP contribution in [0.1, 0.15) is 32.3 Å². The van der Waals surface area contributed by atoms with Crippen LogP contribution in [-0.2, 0) is 6.42 Å². The van der Waals surface area contributed by atoms with Crippen LogP contribution < -0.4 is 10.6 Å². The van der Waals surface area contributed by atoms with E-state index in [9.17, 15) is 5.11 Å². The van der Waals surface area contributed by atoms with Crippen molar-refractivity contribution in [3.63, 3.8) is 0 Å². The van der Waals surface area contributed by atoms with Gasteiger partial charge in [-0.2, -0.15) is 0 Å². The molecule has 2 unspecified atom stereocenters. The number of guanidine groups is 1. The molecule has 5 heteroatoms. The third kappa shape index (κ3) is 6.13. The van der Waals surface area contributed by atoms with Crippen LogP contribution in [-0.4, -0.2) is 60.8 Å². The maximum Gasteiger partial charge on any atom is 0.191 e. The van der Waals surface area contributed by atoms with Gasteiger partial charge in [0.2, 0.25) is 0 Å². The molecule has 0 saturated carbocycles. The van der Waals surface area contributed by atoms with Gasteiger partial charge in [-0.3, -0.25) is 9.89 Å². The Morgan fingerprint density at radius 3 is 2.79 bits per heavy atom. The number of nitrogens with zero attached hydrogens (tertiary/aromatic N) is 2. The third-order valence-corrected chi connectivity index (χ3v) is 4.53. The highest BCUT2D eigenvalue weighted by molar-refractivity contribution is 5.79. The van der Waals surface area contributed by atoms with Gasteiger partial charge in [0, 0.05) is 25.6 Å². The van der Waals surface area contributed by atoms with E-state index in [0.717, 1.165) is 31.2 Å². The van der Waals surface area contributed by atoms with Gasteiger partial charge in [0.1, 0.15) is 0 Å². The van der Waals surface area contributed by atoms with Gasteiger partial charge in [-0.05, 0) is 38.4 Å². The number of benzene rings is 1. The number of hydrogen-bond donors (Lipinski definition) is 3. The van der Waals surface area contributed by atoms with Crippen LogP contribution in [0.3, 0.4) is 0 Å². The third-order valence-electron chi connectivity index (χ3n) is 4.53. The fourth-order valence-electron chi connectivity index (χ4n) is 3.25. The SMILES string of the molecule is CCNC(=NCC(O)Cc1ccccc1)NCC1CCCN1CC. The van der Waals surface area contributed by atoms with Crippen LogP contribution in [0.4, 0.5) is 0 Å². The zero-order valence-corrected chi connectivity index (χ0v) is 15.0. The Hall–Kier alpha value is -1.59. The summed E-state index contributed by atoms with van der Waals surface area (Å²) in [5, 5.41) is 16.9. The highest BCUT2D eigenvalue weighted by Gasteiger charge is 2.22. The van der Waals surface area contributed by atoms with Crippen molar-refractivity contribution in [3.8, 4) is 0 Å². The molecule has 1 saturated heterocycles. The summed E-state index contributed by atoms with van der Waals surface area (Å²) in [7, 11) is 0. The lowest BCUT2D eigenvalue weighted by Gasteiger charge is -2.24. The first-order chi connectivity index (χ1) is 11.7. The Morgan fingerprint density at radius 1 is 1.29 bits per heavy atom. The van der Waals surface area contributed by atoms with Gasteiger partial charge >= 0.3 is 0 Å². The average molecular weight is 332 g/mol. The average Bonchev–Trinajstić information content (AvgIpc) is 3.06. The molecule has 0 radical (unpaired) electrons. The summed E-state index contributed by atoms with van der Waals surface area (Å²) >= 11 is 0. The van der Waals surface area contributed by atoms with Gasteiger partial charge in [0.15, 0.2) is 5.96 Å². The molecule has 2 atom stereocenters. The maximum atomic E-state index is 10.2. The zero-order chi connectivity index (χ0) is 17.2. The molecule has 0 amide bonds. The van der Waals surface area contributed by atoms with Crippen LogP contribution in [0.2, 0.25) is 0 Å². The molecule has 1 aliphatic heterocycles. The summed E-state index contributed by atoms with van der Waals surface area (Å²) in [6.45, 7) is 8.73. The monoisotopic (exact) mass is 332 g/mol. The summed E-state index contributed by atoms with van der Waals surface area (Å²) in [5.41, 5.74) is 1.14. The van der Waals surface area contributed by atoms with Crippen LogP contribution in [0.5, 0.6) is 0 Å². The van der Waals surface area contributed by atoms with E-state index in [2.05, 4.69) is 34.4 Å². The van der Waals surface area contributed by atoms with Crippen molar-refractivity contribution in [2.24, 2.45) is 4.99 Å². The lowest BCUT2D eigenvalue weighted by Crippen LogP contribution is -2.45. The lowest BCUT2D eigenvalue weighted by atomic mass is 10.1. The van der Waals surface area contributed by atoms with Crippen LogP contribution in [0, 0.1) is 0 Å². The Bertz CT molecular complexity index is 491. The smallest absolute Gasteiger partial charge is 0.191 e. The molecule has 5 nitrogen and oxygen atoms in total. The summed E-state index contributed by atoms with van der Waals surface area (Å²) in [6, 6.07) is 10.7. The molecular weight excluding hydrogens is 300 g/mol. The number of nitrogens with one attached hydrogen (secondary N) is 2. The van der Waals surface area contributed by atoms with E-state index in [1.165, 1.54) is 19.4 Å². The normalized spacial score (nSPS) is 20.1. The molecule has 1 heterocycles. The predicted octanol–water partition coefficient (Wildman–Crippen LogP) is 1.63. The number of aliphatic imine (C=N–C) groups is 1. The van der Waals surface area contributed by atoms with E-state index in [1.807, 2.05) is 30.3 Å². The molecule has 134 valence electrons. The van der Waals surface area contributed by atoms with Crippen molar-refractivity contribution in [2.45, 2.75) is 45.3 Å². The second-order valence-corrected chi connectivity index (χ2v) is 6.37. The molecule has 0 bridgehead atoms. The first-order valence-corrected chi connectivity index (χ1v) is 9.21. The highest BCUT2D eigenvalue weighted by atomic mass is 16.3. The summed E-state index contributed by atoms with van der Waals surface area (Å²) in [5.74, 6) is 0.799. The number of likely N-dealkylation sites (tertiary alicyclic amines) is 1. The van der Waals surface area contributed by atoms with Crippen molar-refractivity contribution < 1.29 is 5.11 Å². The fourth-order valence-corrected chi connectivity index (χ4v) is 3.25. The number of rotatable bonds is 8. The van der Waals surface area contributed by atoms with Crippen molar-refractivity contribution in [3.05, 3.63) is 35.9 Å². The van der Waals surface area contributed by atoms with Crippen molar-refractivity contribution in [1.82, 2.24) is 15.5 Å². The van der Waals surface area contributed by atoms with E-state index in [1.54, 1.807) is 0 Å². The van der Waals surface area contributed by atoms with Gasteiger partial charge in [-0.15, -0.1) is 0 Å². The molecule has 1 aromatic rings. The molecule has 0 spiro atoms. The Kier molecular flexibility index (Phi) is 8.05. The van der Waals surface area contributed by atoms with Gasteiger partial charge < -0.3 is 15.7 Å². The molecular formula is C19H32N4O. The number of hydrogen-bond acceptors (Lipinski definition) is 3. The summed E-state index contributed by atoms with van der Waals surface area (Å²) < 4.78 is 0. The number of aliphatic hydroxyl groups excluding tert-OH is 1. The van der Waals surface area contributed by atoms with Crippen molar-refractivity contribution >= 4 is 5.96 Å². The van der Waals surface area contributed by atoms with E-state index in [0.29, 0.717) is 19.0 Å². The number of aliphatic hydroxyl groups is 1. The minimum atomic E-state index is -0.457. The van der Waals surface area contributed by atoms with E-state index >= 15 is 0 Å². The molecule has 1 aliphatic rings. The second kappa shape index (κ2) is 10.3. The summed E-state index contributed by atoms with van der Waals surface area (Å²) in [4.78, 5) is 7.06. The number of likely N-dealkylation sites (N-methyl/N-ethyl adjacent to an activating group) is 1. The van der Waals surface area contributed by atoms with Gasteiger partial charge in [-0.25, -0.2) is 0 Å². The Balaban J connectivity index is 1.81. The van der Waals surface area contributed by atoms with Gasteiger partial charge in [-0.1, -0.05) is 37.3 Å². The molecule has 3 N–H and O–H groups in total. The van der Waals surface area contributed by atoms with Gasteiger partial charge in [0.05, 0.1) is 12.6 Å². The molecule has 1 aromatic carbocycles. The van der Waals surface area contributed by atoms with Gasteiger partial charge in [0.25, 0.3) is 0 Å². The Labute approximate surface area is 146 Å². The molecule has 2 rings (SSSR count). The zero-order valence-electron chi connectivity index (χ0n) is 15.0. The first kappa shape index (κ1) is 18.7. The van der Waals surface area contributed by atoms with Crippen molar-refractivity contribution in [1.29, 1.82) is 0 Å². The minimum absolute atomic E-state index is 0.409. The summed E-state index contributed by atoms with van der Waals surface area (Å²) in [6.07, 6.45) is 2.71.